The molecule has 0 aliphatic carbocycles. The van der Waals surface area contributed by atoms with E-state index in [2.05, 4.69) is 39.7 Å². The Kier molecular flexibility index (Phi) is 3.08. The highest BCUT2D eigenvalue weighted by molar-refractivity contribution is 5.99. The summed E-state index contributed by atoms with van der Waals surface area (Å²) in [4.78, 5) is 4.52. The van der Waals surface area contributed by atoms with Crippen molar-refractivity contribution in [1.82, 2.24) is 15.1 Å². The molecule has 0 atom stereocenters. The van der Waals surface area contributed by atoms with Gasteiger partial charge in [0, 0.05) is 31.0 Å². The third kappa shape index (κ3) is 2.42. The van der Waals surface area contributed by atoms with Gasteiger partial charge in [0.15, 0.2) is 0 Å². The molecule has 92 valence electrons. The normalized spacial score (nSPS) is 15.0. The fourth-order valence-corrected chi connectivity index (χ4v) is 2.12. The third-order valence-corrected chi connectivity index (χ3v) is 3.00. The number of benzene rings is 1. The maximum absolute atomic E-state index is 4.52. The lowest BCUT2D eigenvalue weighted by Crippen LogP contribution is -2.30. The van der Waals surface area contributed by atoms with Gasteiger partial charge in [-0.2, -0.15) is 5.10 Å². The number of hydrogen-bond acceptors (Lipinski definition) is 3. The fourth-order valence-electron chi connectivity index (χ4n) is 2.12. The maximum Gasteiger partial charge on any atom is 0.128 e. The number of hydrogen-bond donors (Lipinski definition) is 1. The molecule has 0 saturated heterocycles. The van der Waals surface area contributed by atoms with E-state index < -0.39 is 0 Å². The van der Waals surface area contributed by atoms with E-state index in [1.165, 1.54) is 11.1 Å². The number of nitrogens with zero attached hydrogens (tertiary/aromatic N) is 3. The van der Waals surface area contributed by atoms with E-state index in [4.69, 9.17) is 0 Å². The zero-order valence-corrected chi connectivity index (χ0v) is 10.2. The summed E-state index contributed by atoms with van der Waals surface area (Å²) in [6.07, 6.45) is 4.90. The average Bonchev–Trinajstić information content (AvgIpc) is 2.93. The van der Waals surface area contributed by atoms with Crippen LogP contribution in [-0.2, 0) is 6.54 Å². The molecule has 1 N–H and O–H groups in total. The van der Waals surface area contributed by atoms with Gasteiger partial charge in [-0.25, -0.2) is 0 Å². The first-order valence-electron chi connectivity index (χ1n) is 6.27. The fraction of sp³-hybridized carbons (Fsp3) is 0.286. The summed E-state index contributed by atoms with van der Waals surface area (Å²) in [5.41, 5.74) is 2.41. The van der Waals surface area contributed by atoms with Crippen LogP contribution in [0.2, 0.25) is 0 Å². The molecule has 0 radical (unpaired) electrons. The summed E-state index contributed by atoms with van der Waals surface area (Å²) in [6.45, 7) is 2.74. The van der Waals surface area contributed by atoms with Crippen molar-refractivity contribution < 1.29 is 0 Å². The van der Waals surface area contributed by atoms with E-state index in [0.29, 0.717) is 0 Å². The second-order valence-electron chi connectivity index (χ2n) is 4.41. The molecule has 1 aromatic carbocycles. The number of amidine groups is 1. The van der Waals surface area contributed by atoms with Crippen LogP contribution in [-0.4, -0.2) is 28.7 Å². The molecule has 1 aliphatic rings. The van der Waals surface area contributed by atoms with Gasteiger partial charge in [0.25, 0.3) is 0 Å². The lowest BCUT2D eigenvalue weighted by Gasteiger charge is -2.15. The molecule has 0 saturated carbocycles. The minimum absolute atomic E-state index is 0.800. The summed E-state index contributed by atoms with van der Waals surface area (Å²) < 4.78 is 1.93. The Labute approximate surface area is 106 Å². The Morgan fingerprint density at radius 1 is 1.28 bits per heavy atom. The molecule has 18 heavy (non-hydrogen) atoms. The lowest BCUT2D eigenvalue weighted by atomic mass is 10.1. The average molecular weight is 240 g/mol. The molecule has 0 unspecified atom stereocenters. The Hall–Kier alpha value is -2.10. The quantitative estimate of drug-likeness (QED) is 0.886. The van der Waals surface area contributed by atoms with Crippen LogP contribution in [0.15, 0.2) is 47.7 Å². The predicted octanol–water partition coefficient (Wildman–Crippen LogP) is 1.67. The van der Waals surface area contributed by atoms with E-state index in [0.717, 1.165) is 31.9 Å². The maximum atomic E-state index is 4.52. The van der Waals surface area contributed by atoms with Gasteiger partial charge in [-0.1, -0.05) is 18.2 Å². The minimum Gasteiger partial charge on any atom is -0.370 e. The van der Waals surface area contributed by atoms with Crippen molar-refractivity contribution in [3.63, 3.8) is 0 Å². The standard InChI is InChI=1S/C14H16N4/c1-4-12(11-18-9-3-8-17-18)10-13(5-1)14-15-6-2-7-16-14/h1,3-5,8-10H,2,6-7,11H2,(H,15,16). The molecule has 3 rings (SSSR count). The van der Waals surface area contributed by atoms with Gasteiger partial charge < -0.3 is 5.32 Å². The highest BCUT2D eigenvalue weighted by atomic mass is 15.3. The predicted molar refractivity (Wildman–Crippen MR) is 71.8 cm³/mol. The van der Waals surface area contributed by atoms with Crippen LogP contribution in [0.25, 0.3) is 0 Å². The van der Waals surface area contributed by atoms with Crippen LogP contribution in [0.4, 0.5) is 0 Å². The lowest BCUT2D eigenvalue weighted by molar-refractivity contribution is 0.686. The SMILES string of the molecule is c1cc(Cn2cccn2)cc(C2=NCCCN2)c1. The van der Waals surface area contributed by atoms with Crippen molar-refractivity contribution in [3.05, 3.63) is 53.9 Å². The van der Waals surface area contributed by atoms with Crippen molar-refractivity contribution >= 4 is 5.84 Å². The summed E-state index contributed by atoms with van der Waals surface area (Å²) in [6, 6.07) is 10.4. The van der Waals surface area contributed by atoms with Crippen molar-refractivity contribution in [2.24, 2.45) is 4.99 Å². The van der Waals surface area contributed by atoms with E-state index in [1.54, 1.807) is 6.20 Å². The molecule has 1 aromatic heterocycles. The van der Waals surface area contributed by atoms with Crippen molar-refractivity contribution in [2.45, 2.75) is 13.0 Å². The van der Waals surface area contributed by atoms with E-state index in [9.17, 15) is 0 Å². The van der Waals surface area contributed by atoms with Crippen LogP contribution in [0.5, 0.6) is 0 Å². The van der Waals surface area contributed by atoms with Crippen LogP contribution in [0.1, 0.15) is 17.5 Å². The third-order valence-electron chi connectivity index (χ3n) is 3.00. The first-order chi connectivity index (χ1) is 8.92. The van der Waals surface area contributed by atoms with Gasteiger partial charge in [-0.15, -0.1) is 0 Å². The van der Waals surface area contributed by atoms with E-state index in [1.807, 2.05) is 16.9 Å². The van der Waals surface area contributed by atoms with Crippen LogP contribution >= 0.6 is 0 Å². The molecule has 1 aliphatic heterocycles. The highest BCUT2D eigenvalue weighted by Crippen LogP contribution is 2.09. The van der Waals surface area contributed by atoms with E-state index >= 15 is 0 Å². The molecule has 4 nitrogen and oxygen atoms in total. The second kappa shape index (κ2) is 5.04. The van der Waals surface area contributed by atoms with Gasteiger partial charge in [0.2, 0.25) is 0 Å². The van der Waals surface area contributed by atoms with Crippen LogP contribution < -0.4 is 5.32 Å². The van der Waals surface area contributed by atoms with Gasteiger partial charge in [-0.3, -0.25) is 9.67 Å². The first-order valence-corrected chi connectivity index (χ1v) is 6.27. The Bertz CT molecular complexity index is 543. The number of nitrogens with one attached hydrogen (secondary N) is 1. The second-order valence-corrected chi connectivity index (χ2v) is 4.41. The Balaban J connectivity index is 1.82. The summed E-state index contributed by atoms with van der Waals surface area (Å²) in [5, 5.41) is 7.57. The zero-order chi connectivity index (χ0) is 12.2. The van der Waals surface area contributed by atoms with Gasteiger partial charge in [0.05, 0.1) is 6.54 Å². The summed E-state index contributed by atoms with van der Waals surface area (Å²) >= 11 is 0. The highest BCUT2D eigenvalue weighted by Gasteiger charge is 2.07. The number of aliphatic imine (C=N–C) groups is 1. The largest absolute Gasteiger partial charge is 0.370 e. The molecule has 0 spiro atoms. The van der Waals surface area contributed by atoms with Crippen molar-refractivity contribution in [3.8, 4) is 0 Å². The molecule has 0 fully saturated rings. The number of rotatable bonds is 3. The molecule has 2 heterocycles. The molecule has 0 amide bonds. The molecule has 2 aromatic rings. The Morgan fingerprint density at radius 2 is 2.28 bits per heavy atom. The van der Waals surface area contributed by atoms with Crippen LogP contribution in [0, 0.1) is 0 Å². The van der Waals surface area contributed by atoms with Gasteiger partial charge >= 0.3 is 0 Å². The van der Waals surface area contributed by atoms with Gasteiger partial charge in [0.1, 0.15) is 5.84 Å². The Morgan fingerprint density at radius 3 is 3.06 bits per heavy atom. The smallest absolute Gasteiger partial charge is 0.128 e. The topological polar surface area (TPSA) is 42.2 Å². The van der Waals surface area contributed by atoms with E-state index in [-0.39, 0.29) is 0 Å². The zero-order valence-electron chi connectivity index (χ0n) is 10.2. The van der Waals surface area contributed by atoms with Crippen molar-refractivity contribution in [2.75, 3.05) is 13.1 Å². The van der Waals surface area contributed by atoms with Gasteiger partial charge in [-0.05, 0) is 24.1 Å². The minimum atomic E-state index is 0.800. The number of aromatic nitrogens is 2. The molecule has 0 bridgehead atoms. The van der Waals surface area contributed by atoms with Crippen LogP contribution in [0.3, 0.4) is 0 Å². The summed E-state index contributed by atoms with van der Waals surface area (Å²) in [7, 11) is 0. The first kappa shape index (κ1) is 11.0. The molecule has 4 heteroatoms. The van der Waals surface area contributed by atoms with Crippen molar-refractivity contribution in [1.29, 1.82) is 0 Å². The molecular weight excluding hydrogens is 224 g/mol. The monoisotopic (exact) mass is 240 g/mol. The summed E-state index contributed by atoms with van der Waals surface area (Å²) in [5.74, 6) is 1.02. The molecular formula is C14H16N4.